The lowest BCUT2D eigenvalue weighted by molar-refractivity contribution is -0.153. The van der Waals surface area contributed by atoms with E-state index in [1.165, 1.54) is 0 Å². The third kappa shape index (κ3) is 17.0. The number of hydrogen-bond donors (Lipinski definition) is 1. The summed E-state index contributed by atoms with van der Waals surface area (Å²) in [5, 5.41) is 12.5. The van der Waals surface area contributed by atoms with Gasteiger partial charge in [-0.3, -0.25) is 19.4 Å². The van der Waals surface area contributed by atoms with Crippen LogP contribution in [0.3, 0.4) is 0 Å². The smallest absolute Gasteiger partial charge is 0.411 e. The Balaban J connectivity index is 1.28. The molecule has 0 bridgehead atoms. The molecule has 0 spiro atoms. The maximum Gasteiger partial charge on any atom is 0.411 e. The number of benzene rings is 3. The Morgan fingerprint density at radius 3 is 2.18 bits per heavy atom. The molecule has 3 aromatic rings. The average Bonchev–Trinajstić information content (AvgIpc) is 3.62. The number of aliphatic hydroxyl groups is 1. The number of unbranched alkanes of at least 4 members (excludes halogenated alkanes) is 3. The van der Waals surface area contributed by atoms with Gasteiger partial charge in [0.05, 0.1) is 31.4 Å². The first-order valence-electron chi connectivity index (χ1n) is 24.2. The molecule has 358 valence electrons. The lowest BCUT2D eigenvalue weighted by Gasteiger charge is -2.42. The highest BCUT2D eigenvalue weighted by Gasteiger charge is 2.47. The number of hydrogen-bond acceptors (Lipinski definition) is 10. The molecule has 2 amide bonds. The number of aliphatic hydroxyl groups excluding tert-OH is 1. The zero-order chi connectivity index (χ0) is 46.8. The van der Waals surface area contributed by atoms with Gasteiger partial charge in [0.15, 0.2) is 0 Å². The SMILES string of the molecule is CCN(CCN(C)C)C(=O)CCCCCCC(=O)O[C@@H]1Cc2ccccc2[C@@H]1N(C(=O)OC(C)(C)C)[C@@H](Cc1ccccc1)[C@@H](O)C[C@H](C)Cc1ccc(OCCN2CCOCC2)cc1. The van der Waals surface area contributed by atoms with Gasteiger partial charge in [0, 0.05) is 58.5 Å². The molecule has 5 rings (SSSR count). The average molecular weight is 899 g/mol. The van der Waals surface area contributed by atoms with Gasteiger partial charge in [-0.2, -0.15) is 0 Å². The Hall–Kier alpha value is -4.49. The third-order valence-electron chi connectivity index (χ3n) is 12.4. The number of rotatable bonds is 25. The van der Waals surface area contributed by atoms with Crippen LogP contribution in [0, 0.1) is 5.92 Å². The predicted octanol–water partition coefficient (Wildman–Crippen LogP) is 8.14. The Bertz CT molecular complexity index is 1880. The Kier molecular flexibility index (Phi) is 20.6. The van der Waals surface area contributed by atoms with Crippen LogP contribution in [-0.2, 0) is 43.1 Å². The largest absolute Gasteiger partial charge is 0.492 e. The number of morpholine rings is 1. The molecule has 12 nitrogen and oxygen atoms in total. The van der Waals surface area contributed by atoms with Crippen molar-refractivity contribution in [1.82, 2.24) is 19.6 Å². The predicted molar refractivity (Wildman–Crippen MR) is 256 cm³/mol. The van der Waals surface area contributed by atoms with Crippen LogP contribution in [0.5, 0.6) is 5.75 Å². The maximum absolute atomic E-state index is 14.7. The summed E-state index contributed by atoms with van der Waals surface area (Å²) in [4.78, 5) is 49.2. The highest BCUT2D eigenvalue weighted by molar-refractivity contribution is 5.76. The van der Waals surface area contributed by atoms with Crippen molar-refractivity contribution >= 4 is 18.0 Å². The first-order valence-corrected chi connectivity index (χ1v) is 24.2. The third-order valence-corrected chi connectivity index (χ3v) is 12.4. The van der Waals surface area contributed by atoms with Crippen LogP contribution in [-0.4, -0.2) is 140 Å². The number of esters is 1. The van der Waals surface area contributed by atoms with Gasteiger partial charge in [0.25, 0.3) is 0 Å². The summed E-state index contributed by atoms with van der Waals surface area (Å²) in [6.45, 7) is 16.8. The van der Waals surface area contributed by atoms with Crippen molar-refractivity contribution in [3.8, 4) is 5.75 Å². The van der Waals surface area contributed by atoms with Crippen molar-refractivity contribution in [1.29, 1.82) is 0 Å². The lowest BCUT2D eigenvalue weighted by Crippen LogP contribution is -2.54. The summed E-state index contributed by atoms with van der Waals surface area (Å²) in [7, 11) is 4.02. The minimum absolute atomic E-state index is 0.0631. The molecular formula is C53H78N4O8. The molecule has 1 aliphatic carbocycles. The molecule has 2 aliphatic rings. The monoisotopic (exact) mass is 899 g/mol. The summed E-state index contributed by atoms with van der Waals surface area (Å²) >= 11 is 0. The second-order valence-corrected chi connectivity index (χ2v) is 19.3. The highest BCUT2D eigenvalue weighted by Crippen LogP contribution is 2.41. The first-order chi connectivity index (χ1) is 31.2. The van der Waals surface area contributed by atoms with Gasteiger partial charge < -0.3 is 33.9 Å². The van der Waals surface area contributed by atoms with Crippen molar-refractivity contribution in [2.75, 3.05) is 73.2 Å². The topological polar surface area (TPSA) is 121 Å². The molecule has 1 fully saturated rings. The van der Waals surface area contributed by atoms with Gasteiger partial charge in [-0.15, -0.1) is 0 Å². The molecule has 3 aromatic carbocycles. The number of ether oxygens (including phenoxy) is 4. The zero-order valence-electron chi connectivity index (χ0n) is 40.4. The van der Waals surface area contributed by atoms with Crippen molar-refractivity contribution < 1.29 is 38.4 Å². The summed E-state index contributed by atoms with van der Waals surface area (Å²) < 4.78 is 24.0. The summed E-state index contributed by atoms with van der Waals surface area (Å²) in [6, 6.07) is 24.7. The van der Waals surface area contributed by atoms with Crippen molar-refractivity contribution in [3.63, 3.8) is 0 Å². The van der Waals surface area contributed by atoms with Crippen LogP contribution < -0.4 is 4.74 Å². The molecule has 1 saturated heterocycles. The molecule has 65 heavy (non-hydrogen) atoms. The molecule has 0 aromatic heterocycles. The quantitative estimate of drug-likeness (QED) is 0.0660. The van der Waals surface area contributed by atoms with E-state index in [0.717, 1.165) is 99.6 Å². The Morgan fingerprint density at radius 2 is 1.51 bits per heavy atom. The maximum atomic E-state index is 14.7. The molecule has 0 radical (unpaired) electrons. The highest BCUT2D eigenvalue weighted by atomic mass is 16.6. The fraction of sp³-hybridized carbons (Fsp3) is 0.604. The van der Waals surface area contributed by atoms with Gasteiger partial charge in [-0.25, -0.2) is 4.79 Å². The molecule has 1 N–H and O–H groups in total. The van der Waals surface area contributed by atoms with Crippen molar-refractivity contribution in [2.24, 2.45) is 5.92 Å². The summed E-state index contributed by atoms with van der Waals surface area (Å²) in [5.74, 6) is 0.743. The van der Waals surface area contributed by atoms with E-state index in [4.69, 9.17) is 18.9 Å². The van der Waals surface area contributed by atoms with Crippen LogP contribution >= 0.6 is 0 Å². The van der Waals surface area contributed by atoms with E-state index in [0.29, 0.717) is 45.3 Å². The minimum Gasteiger partial charge on any atom is -0.492 e. The molecule has 1 heterocycles. The lowest BCUT2D eigenvalue weighted by atomic mass is 9.88. The molecule has 0 unspecified atom stereocenters. The van der Waals surface area contributed by atoms with Gasteiger partial charge in [-0.1, -0.05) is 86.5 Å². The Labute approximate surface area is 389 Å². The number of carbonyl (C=O) groups excluding carboxylic acids is 3. The number of likely N-dealkylation sites (N-methyl/N-ethyl adjacent to an activating group) is 2. The summed E-state index contributed by atoms with van der Waals surface area (Å²) in [6.07, 6.45) is 3.60. The van der Waals surface area contributed by atoms with Gasteiger partial charge >= 0.3 is 12.1 Å². The Morgan fingerprint density at radius 1 is 0.846 bits per heavy atom. The number of amides is 2. The second kappa shape index (κ2) is 26.0. The van der Waals surface area contributed by atoms with Crippen LogP contribution in [0.15, 0.2) is 78.9 Å². The summed E-state index contributed by atoms with van der Waals surface area (Å²) in [5.41, 5.74) is 3.17. The van der Waals surface area contributed by atoms with E-state index in [-0.39, 0.29) is 24.2 Å². The van der Waals surface area contributed by atoms with E-state index in [9.17, 15) is 19.5 Å². The second-order valence-electron chi connectivity index (χ2n) is 19.3. The van der Waals surface area contributed by atoms with Crippen LogP contribution in [0.25, 0.3) is 0 Å². The number of nitrogens with zero attached hydrogens (tertiary/aromatic N) is 4. The van der Waals surface area contributed by atoms with E-state index in [1.807, 2.05) is 113 Å². The molecule has 5 atom stereocenters. The van der Waals surface area contributed by atoms with Gasteiger partial charge in [-0.05, 0) is 114 Å². The van der Waals surface area contributed by atoms with E-state index in [1.54, 1.807) is 4.90 Å². The first kappa shape index (κ1) is 51.5. The fourth-order valence-corrected chi connectivity index (χ4v) is 8.98. The zero-order valence-corrected chi connectivity index (χ0v) is 40.4. The van der Waals surface area contributed by atoms with Gasteiger partial charge in [0.2, 0.25) is 5.91 Å². The molecule has 0 saturated carbocycles. The van der Waals surface area contributed by atoms with Crippen molar-refractivity contribution in [2.45, 2.75) is 129 Å². The molecular weight excluding hydrogens is 821 g/mol. The molecule has 12 heteroatoms. The number of fused-ring (bicyclic) bond motifs is 1. The number of carbonyl (C=O) groups is 3. The normalized spacial score (nSPS) is 17.8. The molecule has 1 aliphatic heterocycles. The van der Waals surface area contributed by atoms with Crippen LogP contribution in [0.1, 0.15) is 108 Å². The van der Waals surface area contributed by atoms with Gasteiger partial charge in [0.1, 0.15) is 24.1 Å². The minimum atomic E-state index is -0.936. The fourth-order valence-electron chi connectivity index (χ4n) is 8.98. The standard InChI is InChI=1S/C53H78N4O8/c1-8-56(29-28-54(6)7)49(59)22-14-9-10-15-23-50(60)64-48-39-43-20-16-17-21-45(43)51(48)57(52(61)65-53(3,4)5)46(38-41-18-12-11-13-19-41)47(58)37-40(2)36-42-24-26-44(27-25-42)63-35-32-55-30-33-62-34-31-55/h11-13,16-21,24-27,40,46-48,51,58H,8-10,14-15,22-23,28-39H2,1-7H3/t40-,46+,47+,48-,51+/m1/s1. The van der Waals surface area contributed by atoms with E-state index in [2.05, 4.69) is 28.9 Å². The van der Waals surface area contributed by atoms with Crippen LogP contribution in [0.4, 0.5) is 4.79 Å². The van der Waals surface area contributed by atoms with Crippen molar-refractivity contribution in [3.05, 3.63) is 101 Å². The van der Waals surface area contributed by atoms with E-state index >= 15 is 0 Å². The van der Waals surface area contributed by atoms with Crippen LogP contribution in [0.2, 0.25) is 0 Å². The van der Waals surface area contributed by atoms with E-state index < -0.39 is 36.0 Å².